The van der Waals surface area contributed by atoms with Crippen LogP contribution in [-0.2, 0) is 0 Å². The largest absolute Gasteiger partial charge is 0.384 e. The van der Waals surface area contributed by atoms with Crippen molar-refractivity contribution in [1.29, 1.82) is 5.41 Å². The van der Waals surface area contributed by atoms with E-state index in [1.165, 1.54) is 0 Å². The van der Waals surface area contributed by atoms with Crippen LogP contribution in [0.25, 0.3) is 10.9 Å². The van der Waals surface area contributed by atoms with E-state index in [0.717, 1.165) is 35.1 Å². The first-order chi connectivity index (χ1) is 7.36. The normalized spacial score (nSPS) is 14.8. The third kappa shape index (κ3) is 1.20. The Hall–Kier alpha value is -1.90. The Morgan fingerprint density at radius 2 is 2.20 bits per heavy atom. The van der Waals surface area contributed by atoms with Gasteiger partial charge in [-0.05, 0) is 12.1 Å². The van der Waals surface area contributed by atoms with Crippen LogP contribution in [0.4, 0.5) is 5.69 Å². The molecule has 0 atom stereocenters. The predicted octanol–water partition coefficient (Wildman–Crippen LogP) is 2.42. The molecule has 1 aliphatic rings. The number of hydrogen-bond acceptors (Lipinski definition) is 3. The zero-order valence-electron chi connectivity index (χ0n) is 8.25. The second-order valence-corrected chi connectivity index (χ2v) is 3.72. The molecule has 1 aromatic carbocycles. The SMILES string of the molecule is N=C1CCNc2ccc3cccnc3c21. The molecule has 2 N–H and O–H groups in total. The highest BCUT2D eigenvalue weighted by atomic mass is 14.9. The molecule has 0 radical (unpaired) electrons. The average Bonchev–Trinajstić information content (AvgIpc) is 2.29. The number of hydrogen-bond donors (Lipinski definition) is 2. The van der Waals surface area contributed by atoms with Gasteiger partial charge in [0.05, 0.1) is 5.52 Å². The van der Waals surface area contributed by atoms with Gasteiger partial charge in [0.2, 0.25) is 0 Å². The van der Waals surface area contributed by atoms with Crippen LogP contribution in [0.5, 0.6) is 0 Å². The van der Waals surface area contributed by atoms with Gasteiger partial charge >= 0.3 is 0 Å². The number of fused-ring (bicyclic) bond motifs is 3. The minimum atomic E-state index is 0.688. The van der Waals surface area contributed by atoms with E-state index in [9.17, 15) is 0 Å². The Bertz CT molecular complexity index is 546. The summed E-state index contributed by atoms with van der Waals surface area (Å²) in [6, 6.07) is 8.04. The van der Waals surface area contributed by atoms with Crippen molar-refractivity contribution in [2.45, 2.75) is 6.42 Å². The van der Waals surface area contributed by atoms with E-state index in [-0.39, 0.29) is 0 Å². The number of benzene rings is 1. The number of aromatic nitrogens is 1. The Labute approximate surface area is 87.7 Å². The lowest BCUT2D eigenvalue weighted by Crippen LogP contribution is -2.18. The third-order valence-electron chi connectivity index (χ3n) is 2.77. The fourth-order valence-electron chi connectivity index (χ4n) is 2.05. The van der Waals surface area contributed by atoms with Crippen molar-refractivity contribution in [3.63, 3.8) is 0 Å². The van der Waals surface area contributed by atoms with Gasteiger partial charge in [0.25, 0.3) is 0 Å². The fourth-order valence-corrected chi connectivity index (χ4v) is 2.05. The van der Waals surface area contributed by atoms with E-state index < -0.39 is 0 Å². The summed E-state index contributed by atoms with van der Waals surface area (Å²) in [6.45, 7) is 0.851. The second-order valence-electron chi connectivity index (χ2n) is 3.72. The van der Waals surface area contributed by atoms with Gasteiger partial charge in [0, 0.05) is 41.5 Å². The van der Waals surface area contributed by atoms with Gasteiger partial charge in [-0.1, -0.05) is 12.1 Å². The van der Waals surface area contributed by atoms with E-state index in [1.807, 2.05) is 24.3 Å². The summed E-state index contributed by atoms with van der Waals surface area (Å²) in [5.74, 6) is 0. The summed E-state index contributed by atoms with van der Waals surface area (Å²) in [6.07, 6.45) is 2.56. The Balaban J connectivity index is 2.40. The maximum Gasteiger partial charge on any atom is 0.0813 e. The molecule has 2 aromatic rings. The van der Waals surface area contributed by atoms with Crippen LogP contribution in [0.3, 0.4) is 0 Å². The number of pyridine rings is 1. The molecule has 3 rings (SSSR count). The minimum Gasteiger partial charge on any atom is -0.384 e. The van der Waals surface area contributed by atoms with E-state index in [2.05, 4.69) is 10.3 Å². The van der Waals surface area contributed by atoms with Gasteiger partial charge in [-0.3, -0.25) is 4.98 Å². The Morgan fingerprint density at radius 1 is 1.27 bits per heavy atom. The molecule has 0 fully saturated rings. The molecule has 0 unspecified atom stereocenters. The quantitative estimate of drug-likeness (QED) is 0.681. The zero-order chi connectivity index (χ0) is 10.3. The molecule has 0 saturated heterocycles. The van der Waals surface area contributed by atoms with Crippen LogP contribution in [0.15, 0.2) is 30.5 Å². The van der Waals surface area contributed by atoms with Crippen LogP contribution >= 0.6 is 0 Å². The first-order valence-corrected chi connectivity index (χ1v) is 5.05. The maximum atomic E-state index is 7.97. The summed E-state index contributed by atoms with van der Waals surface area (Å²) in [5, 5.41) is 12.4. The minimum absolute atomic E-state index is 0.688. The molecule has 3 heteroatoms. The molecule has 0 spiro atoms. The molecular formula is C12H11N3. The predicted molar refractivity (Wildman–Crippen MR) is 61.7 cm³/mol. The van der Waals surface area contributed by atoms with Gasteiger partial charge < -0.3 is 10.7 Å². The topological polar surface area (TPSA) is 48.8 Å². The third-order valence-corrected chi connectivity index (χ3v) is 2.77. The molecule has 0 aliphatic carbocycles. The molecule has 15 heavy (non-hydrogen) atoms. The Morgan fingerprint density at radius 3 is 3.13 bits per heavy atom. The van der Waals surface area contributed by atoms with E-state index in [0.29, 0.717) is 5.71 Å². The molecule has 1 aliphatic heterocycles. The average molecular weight is 197 g/mol. The first kappa shape index (κ1) is 8.41. The standard InChI is InChI=1S/C12H11N3/c13-9-5-7-14-10-4-3-8-2-1-6-15-12(8)11(9)10/h1-4,6,13-14H,5,7H2. The zero-order valence-corrected chi connectivity index (χ0v) is 8.25. The van der Waals surface area contributed by atoms with Crippen LogP contribution in [0, 0.1) is 5.41 Å². The van der Waals surface area contributed by atoms with Crippen molar-refractivity contribution in [2.24, 2.45) is 0 Å². The molecule has 1 aromatic heterocycles. The Kier molecular flexibility index (Phi) is 1.71. The van der Waals surface area contributed by atoms with E-state index in [1.54, 1.807) is 6.20 Å². The molecule has 0 bridgehead atoms. The number of nitrogens with one attached hydrogen (secondary N) is 2. The van der Waals surface area contributed by atoms with Crippen molar-refractivity contribution in [3.05, 3.63) is 36.0 Å². The summed E-state index contributed by atoms with van der Waals surface area (Å²) >= 11 is 0. The molecular weight excluding hydrogens is 186 g/mol. The van der Waals surface area contributed by atoms with E-state index in [4.69, 9.17) is 5.41 Å². The fraction of sp³-hybridized carbons (Fsp3) is 0.167. The van der Waals surface area contributed by atoms with Gasteiger partial charge in [0.15, 0.2) is 0 Å². The highest BCUT2D eigenvalue weighted by molar-refractivity contribution is 6.13. The maximum absolute atomic E-state index is 7.97. The second kappa shape index (κ2) is 3.05. The van der Waals surface area contributed by atoms with Crippen molar-refractivity contribution >= 4 is 22.3 Å². The van der Waals surface area contributed by atoms with Gasteiger partial charge in [-0.25, -0.2) is 0 Å². The van der Waals surface area contributed by atoms with Crippen molar-refractivity contribution < 1.29 is 0 Å². The number of rotatable bonds is 0. The lowest BCUT2D eigenvalue weighted by molar-refractivity contribution is 1.07. The van der Waals surface area contributed by atoms with Gasteiger partial charge in [-0.2, -0.15) is 0 Å². The number of anilines is 1. The summed E-state index contributed by atoms with van der Waals surface area (Å²) in [5.41, 5.74) is 3.64. The molecule has 3 nitrogen and oxygen atoms in total. The molecule has 74 valence electrons. The van der Waals surface area contributed by atoms with Crippen LogP contribution in [0.1, 0.15) is 12.0 Å². The van der Waals surface area contributed by atoms with Crippen molar-refractivity contribution in [1.82, 2.24) is 4.98 Å². The molecule has 0 saturated carbocycles. The number of nitrogens with zero attached hydrogens (tertiary/aromatic N) is 1. The highest BCUT2D eigenvalue weighted by Gasteiger charge is 2.16. The molecule has 0 amide bonds. The highest BCUT2D eigenvalue weighted by Crippen LogP contribution is 2.28. The molecule has 2 heterocycles. The lowest BCUT2D eigenvalue weighted by atomic mass is 9.98. The van der Waals surface area contributed by atoms with Crippen LogP contribution < -0.4 is 5.32 Å². The first-order valence-electron chi connectivity index (χ1n) is 5.05. The summed E-state index contributed by atoms with van der Waals surface area (Å²) in [4.78, 5) is 4.36. The summed E-state index contributed by atoms with van der Waals surface area (Å²) < 4.78 is 0. The van der Waals surface area contributed by atoms with Crippen LogP contribution in [-0.4, -0.2) is 17.2 Å². The van der Waals surface area contributed by atoms with Crippen molar-refractivity contribution in [3.8, 4) is 0 Å². The van der Waals surface area contributed by atoms with Gasteiger partial charge in [0.1, 0.15) is 0 Å². The monoisotopic (exact) mass is 197 g/mol. The smallest absolute Gasteiger partial charge is 0.0813 e. The van der Waals surface area contributed by atoms with Gasteiger partial charge in [-0.15, -0.1) is 0 Å². The lowest BCUT2D eigenvalue weighted by Gasteiger charge is -2.19. The van der Waals surface area contributed by atoms with E-state index >= 15 is 0 Å². The summed E-state index contributed by atoms with van der Waals surface area (Å²) in [7, 11) is 0. The van der Waals surface area contributed by atoms with Crippen LogP contribution in [0.2, 0.25) is 0 Å². The van der Waals surface area contributed by atoms with Crippen molar-refractivity contribution in [2.75, 3.05) is 11.9 Å².